The highest BCUT2D eigenvalue weighted by atomic mass is 15.4. The van der Waals surface area contributed by atoms with E-state index in [1.807, 2.05) is 6.07 Å². The van der Waals surface area contributed by atoms with Crippen molar-refractivity contribution in [2.75, 3.05) is 13.1 Å². The maximum absolute atomic E-state index is 4.21. The van der Waals surface area contributed by atoms with Crippen LogP contribution in [0.15, 0.2) is 33.6 Å². The van der Waals surface area contributed by atoms with Crippen molar-refractivity contribution in [1.82, 2.24) is 4.90 Å². The summed E-state index contributed by atoms with van der Waals surface area (Å²) in [5.74, 6) is 0. The zero-order valence-electron chi connectivity index (χ0n) is 17.5. The Morgan fingerprint density at radius 1 is 0.778 bits per heavy atom. The molecule has 1 aromatic rings. The molecular weight excluding hydrogens is 332 g/mol. The third kappa shape index (κ3) is 8.23. The second kappa shape index (κ2) is 13.5. The van der Waals surface area contributed by atoms with Crippen molar-refractivity contribution in [2.24, 2.45) is 15.4 Å². The molecule has 0 N–H and O–H groups in total. The first kappa shape index (κ1) is 21.6. The minimum atomic E-state index is 0.892. The van der Waals surface area contributed by atoms with Crippen LogP contribution in [0.2, 0.25) is 0 Å². The Kier molecular flexibility index (Phi) is 10.8. The Morgan fingerprint density at radius 3 is 2.00 bits per heavy atom. The minimum Gasteiger partial charge on any atom is -0.377 e. The van der Waals surface area contributed by atoms with Crippen LogP contribution in [0.5, 0.6) is 0 Å². The fourth-order valence-corrected chi connectivity index (χ4v) is 3.59. The van der Waals surface area contributed by atoms with E-state index in [1.165, 1.54) is 77.0 Å². The van der Waals surface area contributed by atoms with Crippen molar-refractivity contribution in [1.29, 1.82) is 0 Å². The number of nitrogens with zero attached hydrogens (tertiary/aromatic N) is 4. The molecule has 0 radical (unpaired) electrons. The van der Waals surface area contributed by atoms with Gasteiger partial charge < -0.3 is 4.90 Å². The van der Waals surface area contributed by atoms with Gasteiger partial charge >= 0.3 is 0 Å². The zero-order chi connectivity index (χ0) is 19.2. The summed E-state index contributed by atoms with van der Waals surface area (Å²) in [4.78, 5) is 2.50. The third-order valence-corrected chi connectivity index (χ3v) is 5.26. The van der Waals surface area contributed by atoms with E-state index in [-0.39, 0.29) is 0 Å². The van der Waals surface area contributed by atoms with Crippen molar-refractivity contribution in [3.63, 3.8) is 0 Å². The topological polar surface area (TPSA) is 40.3 Å². The van der Waals surface area contributed by atoms with Gasteiger partial charge in [0.25, 0.3) is 0 Å². The molecule has 4 heteroatoms. The van der Waals surface area contributed by atoms with E-state index in [2.05, 4.69) is 52.5 Å². The van der Waals surface area contributed by atoms with Gasteiger partial charge in [-0.2, -0.15) is 0 Å². The van der Waals surface area contributed by atoms with E-state index >= 15 is 0 Å². The van der Waals surface area contributed by atoms with Crippen LogP contribution in [0.3, 0.4) is 0 Å². The first-order valence-electron chi connectivity index (χ1n) is 11.2. The van der Waals surface area contributed by atoms with Gasteiger partial charge in [-0.15, -0.1) is 10.2 Å². The van der Waals surface area contributed by atoms with Crippen LogP contribution in [0.4, 0.5) is 5.69 Å². The third-order valence-electron chi connectivity index (χ3n) is 5.26. The molecule has 0 aliphatic carbocycles. The minimum absolute atomic E-state index is 0.892. The summed E-state index contributed by atoms with van der Waals surface area (Å²) in [7, 11) is 0. The Labute approximate surface area is 165 Å². The van der Waals surface area contributed by atoms with E-state index < -0.39 is 0 Å². The lowest BCUT2D eigenvalue weighted by molar-refractivity contribution is 0.377. The van der Waals surface area contributed by atoms with Crippen LogP contribution in [-0.4, -0.2) is 18.0 Å². The van der Waals surface area contributed by atoms with E-state index in [4.69, 9.17) is 0 Å². The van der Waals surface area contributed by atoms with Crippen LogP contribution in [0, 0.1) is 0 Å². The molecule has 0 saturated carbocycles. The standard InChI is InChI=1S/C23H38N4/c1-3-5-7-9-11-13-18-27(19-14-12-10-8-6-4-2)20-21-16-15-17-22-23(21)25-26-24-22/h15-17,20H,3-14,18-19H2,1-2H3. The van der Waals surface area contributed by atoms with Gasteiger partial charge in [-0.1, -0.05) is 90.2 Å². The van der Waals surface area contributed by atoms with Gasteiger partial charge in [-0.25, -0.2) is 0 Å². The maximum Gasteiger partial charge on any atom is 0.124 e. The summed E-state index contributed by atoms with van der Waals surface area (Å²) in [6, 6.07) is 6.17. The monoisotopic (exact) mass is 370 g/mol. The second-order valence-corrected chi connectivity index (χ2v) is 7.71. The summed E-state index contributed by atoms with van der Waals surface area (Å²) < 4.78 is 0. The van der Waals surface area contributed by atoms with Gasteiger partial charge in [0, 0.05) is 24.5 Å². The molecule has 2 rings (SSSR count). The van der Waals surface area contributed by atoms with Gasteiger partial charge in [-0.05, 0) is 24.1 Å². The Balaban J connectivity index is 1.89. The zero-order valence-corrected chi connectivity index (χ0v) is 17.5. The fraction of sp³-hybridized carbons (Fsp3) is 0.696. The smallest absolute Gasteiger partial charge is 0.124 e. The van der Waals surface area contributed by atoms with E-state index in [0.29, 0.717) is 0 Å². The van der Waals surface area contributed by atoms with Gasteiger partial charge in [-0.3, -0.25) is 0 Å². The van der Waals surface area contributed by atoms with Crippen LogP contribution < -0.4 is 10.6 Å². The lowest BCUT2D eigenvalue weighted by Gasteiger charge is -2.20. The van der Waals surface area contributed by atoms with Crippen molar-refractivity contribution in [2.45, 2.75) is 90.9 Å². The molecule has 27 heavy (non-hydrogen) atoms. The number of unbranched alkanes of at least 4 members (excludes halogenated alkanes) is 10. The molecule has 150 valence electrons. The molecule has 0 unspecified atom stereocenters. The summed E-state index contributed by atoms with van der Waals surface area (Å²) in [5, 5.41) is 14.2. The normalized spacial score (nSPS) is 13.0. The highest BCUT2D eigenvalue weighted by molar-refractivity contribution is 5.39. The number of fused-ring (bicyclic) bond motifs is 1. The summed E-state index contributed by atoms with van der Waals surface area (Å²) in [5.41, 5.74) is 0.892. The van der Waals surface area contributed by atoms with Crippen molar-refractivity contribution < 1.29 is 0 Å². The molecule has 0 spiro atoms. The number of hydrogen-bond donors (Lipinski definition) is 0. The first-order valence-corrected chi connectivity index (χ1v) is 11.2. The lowest BCUT2D eigenvalue weighted by atomic mass is 10.1. The van der Waals surface area contributed by atoms with Crippen LogP contribution in [0.25, 0.3) is 6.20 Å². The molecule has 1 aliphatic heterocycles. The first-order chi connectivity index (χ1) is 13.3. The molecule has 1 heterocycles. The molecule has 4 nitrogen and oxygen atoms in total. The molecule has 0 bridgehead atoms. The van der Waals surface area contributed by atoms with Crippen molar-refractivity contribution >= 4 is 11.9 Å². The SMILES string of the molecule is CCCCCCCCN(C=c1cccc2c1=NN=N2)CCCCCCCC. The molecule has 0 atom stereocenters. The Morgan fingerprint density at radius 2 is 1.37 bits per heavy atom. The lowest BCUT2D eigenvalue weighted by Crippen LogP contribution is -2.30. The summed E-state index contributed by atoms with van der Waals surface area (Å²) in [6.45, 7) is 6.83. The van der Waals surface area contributed by atoms with Gasteiger partial charge in [0.2, 0.25) is 0 Å². The van der Waals surface area contributed by atoms with E-state index in [0.717, 1.165) is 29.4 Å². The fourth-order valence-electron chi connectivity index (χ4n) is 3.59. The average molecular weight is 371 g/mol. The van der Waals surface area contributed by atoms with Crippen molar-refractivity contribution in [3.05, 3.63) is 28.8 Å². The Bertz CT molecular complexity index is 649. The predicted molar refractivity (Wildman–Crippen MR) is 115 cm³/mol. The molecule has 1 aliphatic rings. The Hall–Kier alpha value is -1.71. The maximum atomic E-state index is 4.21. The van der Waals surface area contributed by atoms with E-state index in [9.17, 15) is 0 Å². The molecule has 0 fully saturated rings. The number of benzene rings is 1. The largest absolute Gasteiger partial charge is 0.377 e. The summed E-state index contributed by atoms with van der Waals surface area (Å²) in [6.07, 6.45) is 18.4. The molecule has 0 amide bonds. The van der Waals surface area contributed by atoms with Crippen LogP contribution in [-0.2, 0) is 0 Å². The predicted octanol–water partition coefficient (Wildman–Crippen LogP) is 6.08. The second-order valence-electron chi connectivity index (χ2n) is 7.71. The van der Waals surface area contributed by atoms with Gasteiger partial charge in [0.15, 0.2) is 0 Å². The van der Waals surface area contributed by atoms with Gasteiger partial charge in [0.1, 0.15) is 11.0 Å². The highest BCUT2D eigenvalue weighted by Crippen LogP contribution is 2.10. The van der Waals surface area contributed by atoms with Crippen LogP contribution >= 0.6 is 0 Å². The molecule has 1 aromatic carbocycles. The average Bonchev–Trinajstić information content (AvgIpc) is 3.16. The number of rotatable bonds is 15. The van der Waals surface area contributed by atoms with Crippen molar-refractivity contribution in [3.8, 4) is 0 Å². The molecule has 0 aromatic heterocycles. The number of hydrogen-bond acceptors (Lipinski definition) is 4. The molecule has 0 saturated heterocycles. The van der Waals surface area contributed by atoms with Gasteiger partial charge in [0.05, 0.1) is 0 Å². The quantitative estimate of drug-likeness (QED) is 0.345. The molecular formula is C23H38N4. The summed E-state index contributed by atoms with van der Waals surface area (Å²) >= 11 is 0. The highest BCUT2D eigenvalue weighted by Gasteiger charge is 2.05. The van der Waals surface area contributed by atoms with E-state index in [1.54, 1.807) is 0 Å². The van der Waals surface area contributed by atoms with Crippen LogP contribution in [0.1, 0.15) is 90.9 Å².